The van der Waals surface area contributed by atoms with Crippen molar-refractivity contribution in [1.82, 2.24) is 0 Å². The summed E-state index contributed by atoms with van der Waals surface area (Å²) >= 11 is 4.88. The minimum absolute atomic E-state index is 0.797. The van der Waals surface area contributed by atoms with Crippen LogP contribution in [0.4, 0.5) is 0 Å². The Morgan fingerprint density at radius 1 is 0.640 bits per heavy atom. The molecule has 0 radical (unpaired) electrons. The Hall–Kier alpha value is -2.65. The molecule has 0 amide bonds. The molecule has 0 bridgehead atoms. The maximum atomic E-state index is 5.60. The van der Waals surface area contributed by atoms with Crippen LogP contribution >= 0.6 is 12.6 Å². The van der Waals surface area contributed by atoms with Gasteiger partial charge < -0.3 is 9.47 Å². The van der Waals surface area contributed by atoms with Crippen LogP contribution < -0.4 is 9.47 Å². The van der Waals surface area contributed by atoms with Gasteiger partial charge >= 0.3 is 0 Å². The zero-order chi connectivity index (χ0) is 17.6. The first kappa shape index (κ1) is 17.2. The van der Waals surface area contributed by atoms with E-state index in [-0.39, 0.29) is 0 Å². The van der Waals surface area contributed by atoms with E-state index in [0.29, 0.717) is 0 Å². The Morgan fingerprint density at radius 3 is 1.56 bits per heavy atom. The van der Waals surface area contributed by atoms with E-state index in [4.69, 9.17) is 22.1 Å². The molecule has 0 fully saturated rings. The van der Waals surface area contributed by atoms with E-state index in [2.05, 4.69) is 0 Å². The van der Waals surface area contributed by atoms with Gasteiger partial charge in [-0.2, -0.15) is 0 Å². The molecule has 0 aliphatic heterocycles. The molecular formula is C22H20O2S. The molecule has 0 saturated heterocycles. The molecule has 0 heterocycles. The van der Waals surface area contributed by atoms with Gasteiger partial charge in [-0.05, 0) is 17.7 Å². The van der Waals surface area contributed by atoms with E-state index in [1.807, 2.05) is 78.9 Å². The van der Waals surface area contributed by atoms with Crippen molar-refractivity contribution in [1.29, 1.82) is 0 Å². The fourth-order valence-corrected chi connectivity index (χ4v) is 3.23. The van der Waals surface area contributed by atoms with Crippen LogP contribution in [0.1, 0.15) is 16.7 Å². The van der Waals surface area contributed by atoms with Gasteiger partial charge in [-0.15, -0.1) is 12.6 Å². The van der Waals surface area contributed by atoms with Gasteiger partial charge in [0.05, 0.1) is 14.2 Å². The minimum Gasteiger partial charge on any atom is -0.496 e. The van der Waals surface area contributed by atoms with Crippen molar-refractivity contribution >= 4 is 23.1 Å². The lowest BCUT2D eigenvalue weighted by Crippen LogP contribution is -1.98. The second-order valence-corrected chi connectivity index (χ2v) is 5.94. The summed E-state index contributed by atoms with van der Waals surface area (Å²) in [6.07, 6.45) is 0. The van der Waals surface area contributed by atoms with E-state index in [0.717, 1.165) is 38.7 Å². The average molecular weight is 348 g/mol. The molecule has 2 nitrogen and oxygen atoms in total. The van der Waals surface area contributed by atoms with Crippen LogP contribution in [0, 0.1) is 0 Å². The zero-order valence-corrected chi connectivity index (χ0v) is 15.2. The summed E-state index contributed by atoms with van der Waals surface area (Å²) < 4.78 is 11.2. The number of methoxy groups -OCH3 is 2. The summed E-state index contributed by atoms with van der Waals surface area (Å²) in [7, 11) is 3.36. The summed E-state index contributed by atoms with van der Waals surface area (Å²) in [5.41, 5.74) is 3.97. The van der Waals surface area contributed by atoms with Crippen LogP contribution in [0.5, 0.6) is 11.5 Å². The van der Waals surface area contributed by atoms with Gasteiger partial charge in [-0.1, -0.05) is 66.7 Å². The normalized spacial score (nSPS) is 10.2. The maximum Gasteiger partial charge on any atom is 0.126 e. The first-order valence-corrected chi connectivity index (χ1v) is 8.46. The highest BCUT2D eigenvalue weighted by Gasteiger charge is 2.18. The third-order valence-corrected chi connectivity index (χ3v) is 4.52. The molecule has 0 aliphatic carbocycles. The van der Waals surface area contributed by atoms with Crippen molar-refractivity contribution in [3.8, 4) is 11.5 Å². The Bertz CT molecular complexity index is 836. The van der Waals surface area contributed by atoms with Crippen LogP contribution in [0.25, 0.3) is 10.5 Å². The lowest BCUT2D eigenvalue weighted by molar-refractivity contribution is 0.411. The van der Waals surface area contributed by atoms with Crippen LogP contribution in [0.15, 0.2) is 78.9 Å². The summed E-state index contributed by atoms with van der Waals surface area (Å²) in [5.74, 6) is 1.59. The Balaban J connectivity index is 2.33. The second kappa shape index (κ2) is 7.95. The maximum absolute atomic E-state index is 5.60. The Labute approximate surface area is 154 Å². The quantitative estimate of drug-likeness (QED) is 0.481. The lowest BCUT2D eigenvalue weighted by Gasteiger charge is -2.18. The van der Waals surface area contributed by atoms with Gasteiger partial charge in [0.15, 0.2) is 0 Å². The highest BCUT2D eigenvalue weighted by Crippen LogP contribution is 2.41. The fourth-order valence-electron chi connectivity index (χ4n) is 2.84. The number of para-hydroxylation sites is 2. The summed E-state index contributed by atoms with van der Waals surface area (Å²) in [5, 5.41) is 0. The average Bonchev–Trinajstić information content (AvgIpc) is 2.69. The third kappa shape index (κ3) is 3.57. The topological polar surface area (TPSA) is 18.5 Å². The van der Waals surface area contributed by atoms with Crippen LogP contribution in [-0.2, 0) is 0 Å². The Morgan fingerprint density at radius 2 is 1.08 bits per heavy atom. The lowest BCUT2D eigenvalue weighted by atomic mass is 9.94. The molecule has 25 heavy (non-hydrogen) atoms. The molecule has 3 rings (SSSR count). The van der Waals surface area contributed by atoms with Crippen molar-refractivity contribution in [3.63, 3.8) is 0 Å². The Kier molecular flexibility index (Phi) is 5.46. The first-order valence-electron chi connectivity index (χ1n) is 8.01. The number of benzene rings is 3. The van der Waals surface area contributed by atoms with E-state index >= 15 is 0 Å². The predicted molar refractivity (Wildman–Crippen MR) is 107 cm³/mol. The fraction of sp³-hybridized carbons (Fsp3) is 0.0909. The number of hydrogen-bond acceptors (Lipinski definition) is 3. The molecule has 3 heteroatoms. The van der Waals surface area contributed by atoms with Gasteiger partial charge in [0, 0.05) is 21.6 Å². The third-order valence-electron chi connectivity index (χ3n) is 4.04. The van der Waals surface area contributed by atoms with E-state index in [9.17, 15) is 0 Å². The van der Waals surface area contributed by atoms with Gasteiger partial charge in [0.1, 0.15) is 11.5 Å². The van der Waals surface area contributed by atoms with Crippen molar-refractivity contribution in [2.24, 2.45) is 0 Å². The first-order chi connectivity index (χ1) is 12.3. The number of ether oxygens (including phenoxy) is 2. The number of thiol groups is 1. The molecule has 0 spiro atoms. The second-order valence-electron chi connectivity index (χ2n) is 5.49. The van der Waals surface area contributed by atoms with E-state index in [1.165, 1.54) is 0 Å². The van der Waals surface area contributed by atoms with Crippen molar-refractivity contribution in [3.05, 3.63) is 95.6 Å². The molecule has 126 valence electrons. The molecule has 3 aromatic rings. The van der Waals surface area contributed by atoms with Gasteiger partial charge in [0.25, 0.3) is 0 Å². The van der Waals surface area contributed by atoms with Gasteiger partial charge in [-0.3, -0.25) is 0 Å². The molecule has 0 unspecified atom stereocenters. The summed E-state index contributed by atoms with van der Waals surface area (Å²) in [6.45, 7) is 0. The molecule has 0 saturated carbocycles. The molecular weight excluding hydrogens is 328 g/mol. The van der Waals surface area contributed by atoms with Gasteiger partial charge in [-0.25, -0.2) is 0 Å². The van der Waals surface area contributed by atoms with Crippen LogP contribution in [0.3, 0.4) is 0 Å². The highest BCUT2D eigenvalue weighted by atomic mass is 32.1. The standard InChI is InChI=1S/C22H20O2S/c1-23-19-14-8-6-12-17(19)21(18-13-7-9-15-20(18)24-2)22(25)16-10-4-3-5-11-16/h3-15,25H,1-2H3. The summed E-state index contributed by atoms with van der Waals surface area (Å²) in [4.78, 5) is 0.870. The number of hydrogen-bond donors (Lipinski definition) is 1. The van der Waals surface area contributed by atoms with Crippen molar-refractivity contribution in [2.75, 3.05) is 14.2 Å². The molecule has 0 aromatic heterocycles. The summed E-state index contributed by atoms with van der Waals surface area (Å²) in [6, 6.07) is 26.0. The number of rotatable bonds is 5. The molecule has 3 aromatic carbocycles. The van der Waals surface area contributed by atoms with Gasteiger partial charge in [0.2, 0.25) is 0 Å². The molecule has 0 atom stereocenters. The molecule has 0 aliphatic rings. The zero-order valence-electron chi connectivity index (χ0n) is 14.3. The molecule has 0 N–H and O–H groups in total. The monoisotopic (exact) mass is 348 g/mol. The van der Waals surface area contributed by atoms with Crippen molar-refractivity contribution in [2.45, 2.75) is 0 Å². The van der Waals surface area contributed by atoms with Crippen molar-refractivity contribution < 1.29 is 9.47 Å². The minimum atomic E-state index is 0.797. The smallest absolute Gasteiger partial charge is 0.126 e. The largest absolute Gasteiger partial charge is 0.496 e. The SMILES string of the molecule is COc1ccccc1C(=C(S)c1ccccc1)c1ccccc1OC. The van der Waals surface area contributed by atoms with Crippen LogP contribution in [0.2, 0.25) is 0 Å². The van der Waals surface area contributed by atoms with Crippen LogP contribution in [-0.4, -0.2) is 14.2 Å². The predicted octanol–water partition coefficient (Wildman–Crippen LogP) is 5.55. The van der Waals surface area contributed by atoms with E-state index < -0.39 is 0 Å². The highest BCUT2D eigenvalue weighted by molar-refractivity contribution is 7.90. The van der Waals surface area contributed by atoms with E-state index in [1.54, 1.807) is 14.2 Å².